The first-order chi connectivity index (χ1) is 8.77. The molecule has 0 aromatic heterocycles. The molecule has 3 nitrogen and oxygen atoms in total. The Kier molecular flexibility index (Phi) is 3.08. The van der Waals surface area contributed by atoms with E-state index in [0.29, 0.717) is 6.42 Å². The normalized spacial score (nSPS) is 26.2. The largest absolute Gasteiger partial charge is 0.431 e. The van der Waals surface area contributed by atoms with E-state index in [0.717, 1.165) is 31.2 Å². The smallest absolute Gasteiger partial charge is 0.338 e. The highest BCUT2D eigenvalue weighted by Crippen LogP contribution is 2.38. The molecule has 1 aromatic rings. The number of rotatable bonds is 2. The lowest BCUT2D eigenvalue weighted by Crippen LogP contribution is -2.33. The average Bonchev–Trinajstić information content (AvgIpc) is 2.68. The first-order valence-electron chi connectivity index (χ1n) is 6.72. The second kappa shape index (κ2) is 4.73. The van der Waals surface area contributed by atoms with E-state index >= 15 is 0 Å². The van der Waals surface area contributed by atoms with Gasteiger partial charge in [-0.05, 0) is 18.4 Å². The van der Waals surface area contributed by atoms with E-state index in [1.54, 1.807) is 0 Å². The third kappa shape index (κ3) is 2.27. The van der Waals surface area contributed by atoms with Crippen molar-refractivity contribution in [2.45, 2.75) is 50.4 Å². The van der Waals surface area contributed by atoms with Crippen molar-refractivity contribution in [3.8, 4) is 0 Å². The summed E-state index contributed by atoms with van der Waals surface area (Å²) in [5.74, 6) is -0.796. The summed E-state index contributed by atoms with van der Waals surface area (Å²) in [5, 5.41) is 0. The van der Waals surface area contributed by atoms with Crippen molar-refractivity contribution in [3.63, 3.8) is 0 Å². The maximum Gasteiger partial charge on any atom is 0.338 e. The topological polar surface area (TPSA) is 35.5 Å². The molecule has 0 amide bonds. The molecule has 1 aromatic carbocycles. The zero-order chi connectivity index (χ0) is 12.4. The molecule has 2 aliphatic rings. The van der Waals surface area contributed by atoms with E-state index in [9.17, 15) is 4.79 Å². The second-order valence-electron chi connectivity index (χ2n) is 5.19. The van der Waals surface area contributed by atoms with Gasteiger partial charge in [-0.15, -0.1) is 0 Å². The van der Waals surface area contributed by atoms with Gasteiger partial charge in [-0.2, -0.15) is 0 Å². The fourth-order valence-electron chi connectivity index (χ4n) is 2.84. The standard InChI is InChI=1S/C15H18O3/c16-14-13(11-12-7-3-1-4-8-12)17-15(18-14)9-5-2-6-10-15/h1,3-4,7-8,13H,2,5-6,9-11H2/t13-/m0/s1. The highest BCUT2D eigenvalue weighted by molar-refractivity contribution is 5.77. The molecular weight excluding hydrogens is 228 g/mol. The Morgan fingerprint density at radius 2 is 1.83 bits per heavy atom. The summed E-state index contributed by atoms with van der Waals surface area (Å²) >= 11 is 0. The van der Waals surface area contributed by atoms with Gasteiger partial charge >= 0.3 is 5.97 Å². The molecule has 1 saturated carbocycles. The van der Waals surface area contributed by atoms with Gasteiger partial charge in [0.05, 0.1) is 0 Å². The van der Waals surface area contributed by atoms with Gasteiger partial charge in [-0.1, -0.05) is 36.8 Å². The predicted molar refractivity (Wildman–Crippen MR) is 66.9 cm³/mol. The molecule has 0 radical (unpaired) electrons. The fraction of sp³-hybridized carbons (Fsp3) is 0.533. The van der Waals surface area contributed by atoms with Crippen LogP contribution in [0.4, 0.5) is 0 Å². The maximum atomic E-state index is 11.9. The third-order valence-corrected chi connectivity index (χ3v) is 3.79. The zero-order valence-corrected chi connectivity index (χ0v) is 10.4. The Labute approximate surface area is 107 Å². The Balaban J connectivity index is 1.69. The minimum Gasteiger partial charge on any atom is -0.431 e. The summed E-state index contributed by atoms with van der Waals surface area (Å²) in [4.78, 5) is 11.9. The van der Waals surface area contributed by atoms with Crippen LogP contribution in [-0.4, -0.2) is 17.9 Å². The summed E-state index contributed by atoms with van der Waals surface area (Å²) in [7, 11) is 0. The molecule has 2 fully saturated rings. The number of carbonyl (C=O) groups is 1. The van der Waals surface area contributed by atoms with Gasteiger partial charge in [0.15, 0.2) is 6.10 Å². The molecule has 0 N–H and O–H groups in total. The van der Waals surface area contributed by atoms with Crippen molar-refractivity contribution in [2.24, 2.45) is 0 Å². The minimum atomic E-state index is -0.602. The lowest BCUT2D eigenvalue weighted by molar-refractivity contribution is -0.191. The van der Waals surface area contributed by atoms with E-state index in [1.807, 2.05) is 30.3 Å². The molecule has 18 heavy (non-hydrogen) atoms. The molecule has 3 rings (SSSR count). The maximum absolute atomic E-state index is 11.9. The number of ether oxygens (including phenoxy) is 2. The Morgan fingerprint density at radius 1 is 1.11 bits per heavy atom. The number of hydrogen-bond acceptors (Lipinski definition) is 3. The van der Waals surface area contributed by atoms with Gasteiger partial charge in [0.25, 0.3) is 0 Å². The second-order valence-corrected chi connectivity index (χ2v) is 5.19. The van der Waals surface area contributed by atoms with Gasteiger partial charge in [0, 0.05) is 19.3 Å². The summed E-state index contributed by atoms with van der Waals surface area (Å²) in [6.45, 7) is 0. The monoisotopic (exact) mass is 246 g/mol. The van der Waals surface area contributed by atoms with Crippen LogP contribution < -0.4 is 0 Å². The van der Waals surface area contributed by atoms with Gasteiger partial charge in [-0.25, -0.2) is 4.79 Å². The average molecular weight is 246 g/mol. The van der Waals surface area contributed by atoms with Crippen LogP contribution in [0.15, 0.2) is 30.3 Å². The molecule has 3 heteroatoms. The molecule has 96 valence electrons. The lowest BCUT2D eigenvalue weighted by Gasteiger charge is -2.30. The van der Waals surface area contributed by atoms with Crippen LogP contribution >= 0.6 is 0 Å². The molecule has 1 spiro atoms. The molecule has 1 saturated heterocycles. The first-order valence-corrected chi connectivity index (χ1v) is 6.72. The number of benzene rings is 1. The Hall–Kier alpha value is -1.35. The van der Waals surface area contributed by atoms with E-state index in [-0.39, 0.29) is 5.97 Å². The van der Waals surface area contributed by atoms with Gasteiger partial charge in [-0.3, -0.25) is 0 Å². The number of carbonyl (C=O) groups excluding carboxylic acids is 1. The Bertz CT molecular complexity index is 421. The van der Waals surface area contributed by atoms with Crippen molar-refractivity contribution in [2.75, 3.05) is 0 Å². The van der Waals surface area contributed by atoms with Gasteiger partial charge in [0.2, 0.25) is 5.79 Å². The fourth-order valence-corrected chi connectivity index (χ4v) is 2.84. The summed E-state index contributed by atoms with van der Waals surface area (Å²) in [6, 6.07) is 9.96. The SMILES string of the molecule is O=C1OC2(CCCCC2)O[C@H]1Cc1ccccc1. The van der Waals surface area contributed by atoms with Crippen LogP contribution in [-0.2, 0) is 20.7 Å². The summed E-state index contributed by atoms with van der Waals surface area (Å²) in [6.07, 6.45) is 5.28. The van der Waals surface area contributed by atoms with Gasteiger partial charge in [0.1, 0.15) is 0 Å². The van der Waals surface area contributed by atoms with Crippen LogP contribution in [0.2, 0.25) is 0 Å². The number of esters is 1. The van der Waals surface area contributed by atoms with E-state index in [4.69, 9.17) is 9.47 Å². The van der Waals surface area contributed by atoms with Crippen molar-refractivity contribution in [1.82, 2.24) is 0 Å². The van der Waals surface area contributed by atoms with E-state index < -0.39 is 11.9 Å². The van der Waals surface area contributed by atoms with Crippen LogP contribution in [0.25, 0.3) is 0 Å². The van der Waals surface area contributed by atoms with Crippen molar-refractivity contribution in [3.05, 3.63) is 35.9 Å². The predicted octanol–water partition coefficient (Wildman–Crippen LogP) is 2.83. The minimum absolute atomic E-state index is 0.194. The zero-order valence-electron chi connectivity index (χ0n) is 10.4. The van der Waals surface area contributed by atoms with Crippen LogP contribution in [0.3, 0.4) is 0 Å². The molecule has 1 aliphatic carbocycles. The summed E-state index contributed by atoms with van der Waals surface area (Å²) < 4.78 is 11.4. The number of hydrogen-bond donors (Lipinski definition) is 0. The van der Waals surface area contributed by atoms with Crippen molar-refractivity contribution in [1.29, 1.82) is 0 Å². The van der Waals surface area contributed by atoms with Crippen molar-refractivity contribution >= 4 is 5.97 Å². The van der Waals surface area contributed by atoms with Crippen LogP contribution in [0, 0.1) is 0 Å². The van der Waals surface area contributed by atoms with E-state index in [2.05, 4.69) is 0 Å². The molecule has 1 atom stereocenters. The van der Waals surface area contributed by atoms with E-state index in [1.165, 1.54) is 6.42 Å². The molecule has 0 bridgehead atoms. The first kappa shape index (κ1) is 11.7. The third-order valence-electron chi connectivity index (χ3n) is 3.79. The van der Waals surface area contributed by atoms with Crippen LogP contribution in [0.1, 0.15) is 37.7 Å². The highest BCUT2D eigenvalue weighted by Gasteiger charge is 2.48. The highest BCUT2D eigenvalue weighted by atomic mass is 16.8. The van der Waals surface area contributed by atoms with Gasteiger partial charge < -0.3 is 9.47 Å². The lowest BCUT2D eigenvalue weighted by atomic mass is 9.94. The Morgan fingerprint density at radius 3 is 2.56 bits per heavy atom. The summed E-state index contributed by atoms with van der Waals surface area (Å²) in [5.41, 5.74) is 1.12. The molecular formula is C15H18O3. The van der Waals surface area contributed by atoms with Crippen molar-refractivity contribution < 1.29 is 14.3 Å². The van der Waals surface area contributed by atoms with Crippen LogP contribution in [0.5, 0.6) is 0 Å². The molecule has 1 heterocycles. The molecule has 0 unspecified atom stereocenters. The quantitative estimate of drug-likeness (QED) is 0.753. The molecule has 1 aliphatic heterocycles.